The number of benzene rings is 1. The van der Waals surface area contributed by atoms with Crippen molar-refractivity contribution in [2.45, 2.75) is 58.1 Å². The Balaban J connectivity index is 1.34. The van der Waals surface area contributed by atoms with Gasteiger partial charge in [-0.3, -0.25) is 20.0 Å². The number of aromatic nitrogens is 1. The van der Waals surface area contributed by atoms with Gasteiger partial charge >= 0.3 is 12.1 Å². The highest BCUT2D eigenvalue weighted by Gasteiger charge is 2.20. The van der Waals surface area contributed by atoms with Crippen molar-refractivity contribution in [3.8, 4) is 0 Å². The molecule has 12 heteroatoms. The van der Waals surface area contributed by atoms with Crippen molar-refractivity contribution in [3.05, 3.63) is 76.2 Å². The molecule has 1 atom stereocenters. The summed E-state index contributed by atoms with van der Waals surface area (Å²) in [5.74, 6) is -0.417. The average molecular weight is 637 g/mol. The van der Waals surface area contributed by atoms with Crippen LogP contribution in [0.1, 0.15) is 67.7 Å². The lowest BCUT2D eigenvalue weighted by Gasteiger charge is -2.27. The minimum Gasteiger partial charge on any atom is -0.444 e. The fourth-order valence-electron chi connectivity index (χ4n) is 4.85. The maximum atomic E-state index is 13.0. The number of morpholine rings is 1. The van der Waals surface area contributed by atoms with E-state index in [0.29, 0.717) is 17.9 Å². The molecule has 1 aromatic carbocycles. The van der Waals surface area contributed by atoms with Crippen molar-refractivity contribution in [3.63, 3.8) is 0 Å². The van der Waals surface area contributed by atoms with Crippen LogP contribution in [0.2, 0.25) is 0 Å². The smallest absolute Gasteiger partial charge is 0.412 e. The fraction of sp³-hybridized carbons (Fsp3) is 0.455. The van der Waals surface area contributed by atoms with Gasteiger partial charge in [0.15, 0.2) is 0 Å². The van der Waals surface area contributed by atoms with Gasteiger partial charge in [-0.2, -0.15) is 0 Å². The maximum Gasteiger partial charge on any atom is 0.412 e. The second-order valence-electron chi connectivity index (χ2n) is 11.9. The van der Waals surface area contributed by atoms with Crippen LogP contribution < -0.4 is 21.3 Å². The highest BCUT2D eigenvalue weighted by molar-refractivity contribution is 7.09. The Bertz CT molecular complexity index is 1370. The van der Waals surface area contributed by atoms with Gasteiger partial charge in [-0.15, -0.1) is 11.3 Å². The topological polar surface area (TPSA) is 134 Å². The third-order valence-corrected chi connectivity index (χ3v) is 7.86. The first-order valence-electron chi connectivity index (χ1n) is 15.4. The molecule has 0 bridgehead atoms. The lowest BCUT2D eigenvalue weighted by Crippen LogP contribution is -2.39. The second kappa shape index (κ2) is 16.9. The molecule has 2 aromatic heterocycles. The molecule has 45 heavy (non-hydrogen) atoms. The number of anilines is 2. The molecule has 242 valence electrons. The van der Waals surface area contributed by atoms with Crippen LogP contribution in [0.15, 0.2) is 59.4 Å². The lowest BCUT2D eigenvalue weighted by atomic mass is 10.0. The van der Waals surface area contributed by atoms with Gasteiger partial charge in [0.2, 0.25) is 0 Å². The van der Waals surface area contributed by atoms with Crippen molar-refractivity contribution < 1.29 is 23.9 Å². The average Bonchev–Trinajstić information content (AvgIpc) is 3.44. The van der Waals surface area contributed by atoms with Crippen LogP contribution in [0.25, 0.3) is 0 Å². The van der Waals surface area contributed by atoms with Gasteiger partial charge in [0, 0.05) is 36.6 Å². The Kier molecular flexibility index (Phi) is 12.7. The number of nitrogens with zero attached hydrogens (tertiary/aromatic N) is 2. The van der Waals surface area contributed by atoms with E-state index >= 15 is 0 Å². The normalized spacial score (nSPS) is 14.3. The summed E-state index contributed by atoms with van der Waals surface area (Å²) in [5.41, 5.74) is 2.52. The number of carbonyl (C=O) groups is 3. The highest BCUT2D eigenvalue weighted by atomic mass is 32.1. The van der Waals surface area contributed by atoms with Gasteiger partial charge in [0.25, 0.3) is 5.91 Å². The quantitative estimate of drug-likeness (QED) is 0.174. The zero-order chi connectivity index (χ0) is 32.1. The first-order chi connectivity index (χ1) is 21.7. The minimum absolute atomic E-state index is 0.214. The Hall–Kier alpha value is -4.00. The summed E-state index contributed by atoms with van der Waals surface area (Å²) in [7, 11) is 0. The first-order valence-corrected chi connectivity index (χ1v) is 16.3. The summed E-state index contributed by atoms with van der Waals surface area (Å²) in [6, 6.07) is 13.2. The van der Waals surface area contributed by atoms with Gasteiger partial charge in [-0.25, -0.2) is 9.59 Å². The molecule has 3 heterocycles. The molecule has 11 nitrogen and oxygen atoms in total. The van der Waals surface area contributed by atoms with E-state index < -0.39 is 17.6 Å². The molecular formula is C33H44N6O5S. The summed E-state index contributed by atoms with van der Waals surface area (Å²) >= 11 is 1.34. The minimum atomic E-state index is -0.645. The second-order valence-corrected chi connectivity index (χ2v) is 12.6. The molecule has 1 aliphatic heterocycles. The number of carbonyl (C=O) groups excluding carboxylic acids is 3. The van der Waals surface area contributed by atoms with Crippen molar-refractivity contribution in [2.75, 3.05) is 50.0 Å². The number of thiophene rings is 1. The number of ether oxygens (including phenoxy) is 2. The molecule has 1 saturated heterocycles. The first kappa shape index (κ1) is 33.9. The number of rotatable bonds is 13. The van der Waals surface area contributed by atoms with Crippen LogP contribution in [0.4, 0.5) is 21.0 Å². The molecular weight excluding hydrogens is 592 g/mol. The zero-order valence-corrected chi connectivity index (χ0v) is 27.1. The number of pyridine rings is 1. The van der Waals surface area contributed by atoms with Crippen LogP contribution in [0, 0.1) is 0 Å². The largest absolute Gasteiger partial charge is 0.444 e. The standard InChI is InChI=1S/C33H44N6O5S/c1-33(2,3)44-32(42)38-29-23-45-22-28(29)36-30(40)27-14-13-25(21-35-27)26(12-8-16-39-17-19-43-20-18-39)37-31(41)34-15-7-11-24-9-5-4-6-10-24/h4-6,9-10,13-14,21-23,26H,7-8,11-12,15-20H2,1-3H3,(H,36,40)(H,38,42)(H2,34,37,41). The van der Waals surface area contributed by atoms with Crippen LogP contribution in [0.3, 0.4) is 0 Å². The van der Waals surface area contributed by atoms with E-state index in [2.05, 4.69) is 43.3 Å². The molecule has 0 aliphatic carbocycles. The molecule has 4 rings (SSSR count). The van der Waals surface area contributed by atoms with E-state index in [1.807, 2.05) is 24.3 Å². The monoisotopic (exact) mass is 636 g/mol. The number of aryl methyl sites for hydroxylation is 1. The third-order valence-electron chi connectivity index (χ3n) is 7.11. The summed E-state index contributed by atoms with van der Waals surface area (Å²) in [4.78, 5) is 44.9. The third kappa shape index (κ3) is 11.8. The summed E-state index contributed by atoms with van der Waals surface area (Å²) < 4.78 is 10.8. The fourth-order valence-corrected chi connectivity index (χ4v) is 5.56. The SMILES string of the molecule is CC(C)(C)OC(=O)Nc1cscc1NC(=O)c1ccc(C(CCCN2CCOCC2)NC(=O)NCCCc2ccccc2)cn1. The van der Waals surface area contributed by atoms with Gasteiger partial charge in [-0.05, 0) is 70.2 Å². The van der Waals surface area contributed by atoms with Crippen LogP contribution in [-0.2, 0) is 15.9 Å². The summed E-state index contributed by atoms with van der Waals surface area (Å²) in [5, 5.41) is 15.0. The Morgan fingerprint density at radius 3 is 2.42 bits per heavy atom. The summed E-state index contributed by atoms with van der Waals surface area (Å²) in [6.07, 6.45) is 4.36. The molecule has 0 spiro atoms. The van der Waals surface area contributed by atoms with Crippen molar-refractivity contribution in [1.82, 2.24) is 20.5 Å². The predicted octanol–water partition coefficient (Wildman–Crippen LogP) is 5.83. The lowest BCUT2D eigenvalue weighted by molar-refractivity contribution is 0.0369. The molecule has 1 aliphatic rings. The van der Waals surface area contributed by atoms with Gasteiger partial charge < -0.3 is 25.4 Å². The Morgan fingerprint density at radius 2 is 1.73 bits per heavy atom. The van der Waals surface area contributed by atoms with Crippen molar-refractivity contribution >= 4 is 40.7 Å². The maximum absolute atomic E-state index is 13.0. The van der Waals surface area contributed by atoms with E-state index in [4.69, 9.17) is 9.47 Å². The van der Waals surface area contributed by atoms with Crippen molar-refractivity contribution in [1.29, 1.82) is 0 Å². The zero-order valence-electron chi connectivity index (χ0n) is 26.3. The van der Waals surface area contributed by atoms with Crippen LogP contribution in [0.5, 0.6) is 0 Å². The molecule has 0 saturated carbocycles. The molecule has 1 unspecified atom stereocenters. The van der Waals surface area contributed by atoms with Gasteiger partial charge in [0.1, 0.15) is 11.3 Å². The molecule has 3 aromatic rings. The van der Waals surface area contributed by atoms with E-state index in [0.717, 1.165) is 64.1 Å². The number of hydrogen-bond donors (Lipinski definition) is 4. The number of amides is 4. The molecule has 4 N–H and O–H groups in total. The number of urea groups is 1. The Labute approximate surface area is 269 Å². The highest BCUT2D eigenvalue weighted by Crippen LogP contribution is 2.28. The van der Waals surface area contributed by atoms with Crippen LogP contribution in [-0.4, -0.2) is 72.9 Å². The van der Waals surface area contributed by atoms with Gasteiger partial charge in [-0.1, -0.05) is 36.4 Å². The molecule has 0 radical (unpaired) electrons. The molecule has 4 amide bonds. The van der Waals surface area contributed by atoms with Crippen molar-refractivity contribution in [2.24, 2.45) is 0 Å². The van der Waals surface area contributed by atoms with Gasteiger partial charge in [0.05, 0.1) is 30.6 Å². The van der Waals surface area contributed by atoms with E-state index in [-0.39, 0.29) is 17.8 Å². The number of nitrogens with one attached hydrogen (secondary N) is 4. The van der Waals surface area contributed by atoms with E-state index in [1.54, 1.807) is 43.8 Å². The predicted molar refractivity (Wildman–Crippen MR) is 177 cm³/mol. The molecule has 1 fully saturated rings. The number of hydrogen-bond acceptors (Lipinski definition) is 8. The van der Waals surface area contributed by atoms with E-state index in [1.165, 1.54) is 16.9 Å². The Morgan fingerprint density at radius 1 is 1.00 bits per heavy atom. The van der Waals surface area contributed by atoms with E-state index in [9.17, 15) is 14.4 Å². The van der Waals surface area contributed by atoms with Crippen LogP contribution >= 0.6 is 11.3 Å². The summed E-state index contributed by atoms with van der Waals surface area (Å²) in [6.45, 7) is 10.1.